The Morgan fingerprint density at radius 1 is 1.41 bits per heavy atom. The second-order valence-corrected chi connectivity index (χ2v) is 8.05. The molecule has 5 nitrogen and oxygen atoms in total. The molecule has 22 heavy (non-hydrogen) atoms. The predicted octanol–water partition coefficient (Wildman–Crippen LogP) is 2.55. The Morgan fingerprint density at radius 3 is 2.45 bits per heavy atom. The van der Waals surface area contributed by atoms with Crippen LogP contribution < -0.4 is 10.5 Å². The summed E-state index contributed by atoms with van der Waals surface area (Å²) in [6.07, 6.45) is 0. The van der Waals surface area contributed by atoms with Crippen LogP contribution in [0.1, 0.15) is 13.8 Å². The molecule has 126 valence electrons. The molecule has 0 fully saturated rings. The lowest BCUT2D eigenvalue weighted by Gasteiger charge is -2.28. The Morgan fingerprint density at radius 2 is 2.00 bits per heavy atom. The molecule has 1 aromatic carbocycles. The Hall–Kier alpha value is -0.960. The number of benzene rings is 1. The number of halogens is 3. The molecule has 0 bridgehead atoms. The van der Waals surface area contributed by atoms with Gasteiger partial charge in [0.15, 0.2) is 0 Å². The summed E-state index contributed by atoms with van der Waals surface area (Å²) in [6, 6.07) is 3.36. The highest BCUT2D eigenvalue weighted by Gasteiger charge is 2.27. The summed E-state index contributed by atoms with van der Waals surface area (Å²) < 4.78 is 54.6. The van der Waals surface area contributed by atoms with Crippen molar-refractivity contribution in [2.75, 3.05) is 20.1 Å². The van der Waals surface area contributed by atoms with Gasteiger partial charge in [-0.05, 0) is 30.2 Å². The van der Waals surface area contributed by atoms with Crippen molar-refractivity contribution in [1.82, 2.24) is 4.31 Å². The Bertz CT molecular complexity index is 624. The van der Waals surface area contributed by atoms with Gasteiger partial charge in [0.05, 0.1) is 9.92 Å². The average Bonchev–Trinajstić information content (AvgIpc) is 2.40. The minimum atomic E-state index is -3.80. The van der Waals surface area contributed by atoms with E-state index in [1.165, 1.54) is 13.1 Å². The van der Waals surface area contributed by atoms with Gasteiger partial charge in [-0.1, -0.05) is 25.4 Å². The molecule has 0 aliphatic carbocycles. The zero-order valence-electron chi connectivity index (χ0n) is 12.5. The summed E-state index contributed by atoms with van der Waals surface area (Å²) in [5.41, 5.74) is 5.20. The first-order valence-corrected chi connectivity index (χ1v) is 8.22. The molecule has 1 aromatic rings. The van der Waals surface area contributed by atoms with Gasteiger partial charge in [-0.3, -0.25) is 0 Å². The normalized spacial score (nSPS) is 13.0. The number of sulfonamides is 1. The standard InChI is InChI=1S/C13H19ClF2N2O3S/c1-13(2,7-17)8-18(3)22(19,20)9-4-5-11(10(14)6-9)21-12(15)16/h4-6,12H,7-8,17H2,1-3H3. The fourth-order valence-electron chi connectivity index (χ4n) is 1.77. The second-order valence-electron chi connectivity index (χ2n) is 5.60. The molecule has 0 amide bonds. The van der Waals surface area contributed by atoms with E-state index in [1.807, 2.05) is 13.8 Å². The van der Waals surface area contributed by atoms with E-state index in [4.69, 9.17) is 17.3 Å². The molecule has 0 saturated heterocycles. The van der Waals surface area contributed by atoms with Gasteiger partial charge in [0, 0.05) is 13.6 Å². The van der Waals surface area contributed by atoms with Crippen LogP contribution in [0.25, 0.3) is 0 Å². The predicted molar refractivity (Wildman–Crippen MR) is 80.7 cm³/mol. The van der Waals surface area contributed by atoms with Crippen LogP contribution in [0.2, 0.25) is 5.02 Å². The largest absolute Gasteiger partial charge is 0.433 e. The Kier molecular flexibility index (Phi) is 6.14. The number of nitrogens with two attached hydrogens (primary N) is 1. The summed E-state index contributed by atoms with van der Waals surface area (Å²) in [5.74, 6) is -0.277. The van der Waals surface area contributed by atoms with Crippen LogP contribution in [0.3, 0.4) is 0 Å². The van der Waals surface area contributed by atoms with Crippen LogP contribution in [-0.2, 0) is 10.0 Å². The lowest BCUT2D eigenvalue weighted by molar-refractivity contribution is -0.0498. The molecule has 9 heteroatoms. The maximum absolute atomic E-state index is 12.4. The molecule has 2 N–H and O–H groups in total. The van der Waals surface area contributed by atoms with E-state index in [-0.39, 0.29) is 22.2 Å². The molecule has 1 rings (SSSR count). The minimum absolute atomic E-state index is 0.102. The zero-order valence-corrected chi connectivity index (χ0v) is 14.1. The smallest absolute Gasteiger partial charge is 0.387 e. The van der Waals surface area contributed by atoms with Crippen LogP contribution in [0.5, 0.6) is 5.75 Å². The van der Waals surface area contributed by atoms with E-state index in [0.29, 0.717) is 6.54 Å². The summed E-state index contributed by atoms with van der Waals surface area (Å²) in [6.45, 7) is 1.16. The van der Waals surface area contributed by atoms with E-state index in [0.717, 1.165) is 16.4 Å². The van der Waals surface area contributed by atoms with Gasteiger partial charge in [-0.25, -0.2) is 12.7 Å². The molecule has 0 aliphatic rings. The van der Waals surface area contributed by atoms with Crippen LogP contribution in [0.15, 0.2) is 23.1 Å². The fourth-order valence-corrected chi connectivity index (χ4v) is 3.44. The van der Waals surface area contributed by atoms with Gasteiger partial charge in [-0.2, -0.15) is 8.78 Å². The maximum atomic E-state index is 12.4. The maximum Gasteiger partial charge on any atom is 0.387 e. The Labute approximate surface area is 134 Å². The van der Waals surface area contributed by atoms with Gasteiger partial charge in [0.25, 0.3) is 0 Å². The number of nitrogens with zero attached hydrogens (tertiary/aromatic N) is 1. The van der Waals surface area contributed by atoms with Crippen molar-refractivity contribution >= 4 is 21.6 Å². The van der Waals surface area contributed by atoms with Crippen LogP contribution in [0, 0.1) is 5.41 Å². The zero-order chi connectivity index (χ0) is 17.1. The molecule has 0 spiro atoms. The van der Waals surface area contributed by atoms with Crippen LogP contribution in [0.4, 0.5) is 8.78 Å². The minimum Gasteiger partial charge on any atom is -0.433 e. The summed E-state index contributed by atoms with van der Waals surface area (Å²) >= 11 is 5.78. The highest BCUT2D eigenvalue weighted by molar-refractivity contribution is 7.89. The molecule has 0 unspecified atom stereocenters. The summed E-state index contributed by atoms with van der Waals surface area (Å²) in [4.78, 5) is -0.102. The van der Waals surface area contributed by atoms with Crippen molar-refractivity contribution in [1.29, 1.82) is 0 Å². The van der Waals surface area contributed by atoms with Crippen molar-refractivity contribution < 1.29 is 21.9 Å². The molecular weight excluding hydrogens is 338 g/mol. The van der Waals surface area contributed by atoms with Gasteiger partial charge in [0.2, 0.25) is 10.0 Å². The lowest BCUT2D eigenvalue weighted by Crippen LogP contribution is -2.39. The number of rotatable bonds is 7. The highest BCUT2D eigenvalue weighted by Crippen LogP contribution is 2.30. The topological polar surface area (TPSA) is 72.6 Å². The number of hydrogen-bond acceptors (Lipinski definition) is 4. The first kappa shape index (κ1) is 19.1. The van der Waals surface area contributed by atoms with Gasteiger partial charge < -0.3 is 10.5 Å². The lowest BCUT2D eigenvalue weighted by atomic mass is 9.94. The van der Waals surface area contributed by atoms with Crippen molar-refractivity contribution in [3.8, 4) is 5.75 Å². The van der Waals surface area contributed by atoms with Crippen molar-refractivity contribution in [3.05, 3.63) is 23.2 Å². The summed E-state index contributed by atoms with van der Waals surface area (Å²) in [7, 11) is -2.38. The SMILES string of the molecule is CN(CC(C)(C)CN)S(=O)(=O)c1ccc(OC(F)F)c(Cl)c1. The van der Waals surface area contributed by atoms with Crippen molar-refractivity contribution in [2.24, 2.45) is 11.1 Å². The van der Waals surface area contributed by atoms with Crippen LogP contribution >= 0.6 is 11.6 Å². The molecule has 0 saturated carbocycles. The van der Waals surface area contributed by atoms with E-state index in [2.05, 4.69) is 4.74 Å². The third-order valence-electron chi connectivity index (χ3n) is 3.03. The van der Waals surface area contributed by atoms with E-state index in [9.17, 15) is 17.2 Å². The van der Waals surface area contributed by atoms with Crippen molar-refractivity contribution in [3.63, 3.8) is 0 Å². The van der Waals surface area contributed by atoms with E-state index >= 15 is 0 Å². The number of alkyl halides is 2. The van der Waals surface area contributed by atoms with Crippen molar-refractivity contribution in [2.45, 2.75) is 25.4 Å². The second kappa shape index (κ2) is 7.08. The Balaban J connectivity index is 3.06. The molecule has 0 radical (unpaired) electrons. The third kappa shape index (κ3) is 4.77. The first-order valence-electron chi connectivity index (χ1n) is 6.40. The number of ether oxygens (including phenoxy) is 1. The van der Waals surface area contributed by atoms with Gasteiger partial charge >= 0.3 is 6.61 Å². The average molecular weight is 357 g/mol. The first-order chi connectivity index (χ1) is 9.99. The molecule has 0 heterocycles. The van der Waals surface area contributed by atoms with Gasteiger partial charge in [0.1, 0.15) is 5.75 Å². The fraction of sp³-hybridized carbons (Fsp3) is 0.538. The van der Waals surface area contributed by atoms with E-state index in [1.54, 1.807) is 0 Å². The molecule has 0 aliphatic heterocycles. The van der Waals surface area contributed by atoms with Crippen LogP contribution in [-0.4, -0.2) is 39.5 Å². The molecular formula is C13H19ClF2N2O3S. The highest BCUT2D eigenvalue weighted by atomic mass is 35.5. The molecule has 0 atom stereocenters. The quantitative estimate of drug-likeness (QED) is 0.814. The molecule has 0 aromatic heterocycles. The summed E-state index contributed by atoms with van der Waals surface area (Å²) in [5, 5.41) is -0.201. The van der Waals surface area contributed by atoms with Gasteiger partial charge in [-0.15, -0.1) is 0 Å². The monoisotopic (exact) mass is 356 g/mol. The third-order valence-corrected chi connectivity index (χ3v) is 5.13. The number of hydrogen-bond donors (Lipinski definition) is 1. The van der Waals surface area contributed by atoms with E-state index < -0.39 is 22.0 Å².